The van der Waals surface area contributed by atoms with Gasteiger partial charge in [-0.15, -0.1) is 0 Å². The van der Waals surface area contributed by atoms with Gasteiger partial charge in [0.15, 0.2) is 0 Å². The van der Waals surface area contributed by atoms with E-state index in [1.54, 1.807) is 36.4 Å². The van der Waals surface area contributed by atoms with E-state index in [1.165, 1.54) is 18.2 Å². The van der Waals surface area contributed by atoms with Crippen LogP contribution in [0.2, 0.25) is 0 Å². The average Bonchev–Trinajstić information content (AvgIpc) is 2.95. The van der Waals surface area contributed by atoms with E-state index in [2.05, 4.69) is 0 Å². The fourth-order valence-electron chi connectivity index (χ4n) is 2.24. The van der Waals surface area contributed by atoms with Gasteiger partial charge in [0.2, 0.25) is 0 Å². The topological polar surface area (TPSA) is 67.6 Å². The van der Waals surface area contributed by atoms with E-state index in [0.29, 0.717) is 11.3 Å². The number of hydrogen-bond acceptors (Lipinski definition) is 4. The number of benzene rings is 2. The van der Waals surface area contributed by atoms with Crippen LogP contribution in [0.5, 0.6) is 0 Å². The van der Waals surface area contributed by atoms with Crippen molar-refractivity contribution in [2.45, 2.75) is 0 Å². The van der Waals surface area contributed by atoms with Gasteiger partial charge in [-0.1, -0.05) is 36.4 Å². The molecular weight excluding hydrogens is 306 g/mol. The first-order valence-electron chi connectivity index (χ1n) is 7.25. The van der Waals surface area contributed by atoms with Crippen LogP contribution in [0.25, 0.3) is 11.0 Å². The number of anilines is 1. The Morgan fingerprint density at radius 2 is 1.29 bits per heavy atom. The van der Waals surface area contributed by atoms with E-state index in [4.69, 9.17) is 4.42 Å². The van der Waals surface area contributed by atoms with Crippen LogP contribution in [0.3, 0.4) is 0 Å². The van der Waals surface area contributed by atoms with Crippen molar-refractivity contribution in [3.8, 4) is 0 Å². The molecule has 0 bridgehead atoms. The fraction of sp³-hybridized carbons (Fsp3) is 0. The smallest absolute Gasteiger partial charge is 0.336 e. The van der Waals surface area contributed by atoms with E-state index in [-0.39, 0.29) is 17.4 Å². The van der Waals surface area contributed by atoms with E-state index >= 15 is 0 Å². The van der Waals surface area contributed by atoms with Gasteiger partial charge in [0.05, 0.1) is 5.69 Å². The molecule has 1 aromatic heterocycles. The Morgan fingerprint density at radius 3 is 2.00 bits per heavy atom. The summed E-state index contributed by atoms with van der Waals surface area (Å²) in [6.07, 6.45) is 2.55. The lowest BCUT2D eigenvalue weighted by Gasteiger charge is -2.12. The highest BCUT2D eigenvalue weighted by atomic mass is 16.4. The summed E-state index contributed by atoms with van der Waals surface area (Å²) in [5, 5.41) is 0.951. The number of para-hydroxylation sites is 2. The Morgan fingerprint density at radius 1 is 0.667 bits per heavy atom. The summed E-state index contributed by atoms with van der Waals surface area (Å²) in [4.78, 5) is 34.3. The third kappa shape index (κ3) is 3.30. The molecule has 0 N–H and O–H groups in total. The van der Waals surface area contributed by atoms with E-state index in [9.17, 15) is 14.4 Å². The van der Waals surface area contributed by atoms with Crippen molar-refractivity contribution in [3.05, 3.63) is 89.3 Å². The van der Waals surface area contributed by atoms with E-state index in [0.717, 1.165) is 10.3 Å². The normalized spacial score (nSPS) is 13.1. The number of carbonyl (C=O) groups excluding carboxylic acids is 2. The first-order chi connectivity index (χ1) is 11.6. The van der Waals surface area contributed by atoms with Crippen molar-refractivity contribution >= 4 is 28.5 Å². The number of hydrogen-bond donors (Lipinski definition) is 0. The van der Waals surface area contributed by atoms with Gasteiger partial charge < -0.3 is 4.42 Å². The maximum atomic E-state index is 11.2. The van der Waals surface area contributed by atoms with Gasteiger partial charge in [0, 0.05) is 23.6 Å². The van der Waals surface area contributed by atoms with Crippen molar-refractivity contribution < 1.29 is 14.0 Å². The molecule has 0 aliphatic carbocycles. The highest BCUT2D eigenvalue weighted by molar-refractivity contribution is 6.28. The highest BCUT2D eigenvalue weighted by Crippen LogP contribution is 2.17. The number of fused-ring (bicyclic) bond motifs is 1. The van der Waals surface area contributed by atoms with Gasteiger partial charge in [-0.3, -0.25) is 9.59 Å². The van der Waals surface area contributed by atoms with Gasteiger partial charge in [0.25, 0.3) is 11.8 Å². The van der Waals surface area contributed by atoms with Crippen molar-refractivity contribution in [3.63, 3.8) is 0 Å². The molecule has 3 aromatic rings. The first-order valence-corrected chi connectivity index (χ1v) is 7.25. The monoisotopic (exact) mass is 319 g/mol. The van der Waals surface area contributed by atoms with Crippen molar-refractivity contribution in [2.75, 3.05) is 4.90 Å². The molecule has 2 aromatic carbocycles. The van der Waals surface area contributed by atoms with Crippen molar-refractivity contribution in [2.24, 2.45) is 0 Å². The number of nitrogens with zero attached hydrogens (tertiary/aromatic N) is 1. The van der Waals surface area contributed by atoms with Crippen LogP contribution in [0, 0.1) is 0 Å². The predicted octanol–water partition coefficient (Wildman–Crippen LogP) is 2.91. The lowest BCUT2D eigenvalue weighted by atomic mass is 10.2. The quantitative estimate of drug-likeness (QED) is 0.511. The summed E-state index contributed by atoms with van der Waals surface area (Å²) in [5.41, 5.74) is 0.950. The number of imide groups is 1. The summed E-state index contributed by atoms with van der Waals surface area (Å²) in [7, 11) is 0. The summed E-state index contributed by atoms with van der Waals surface area (Å²) in [6.45, 7) is 0. The largest absolute Gasteiger partial charge is 0.423 e. The molecule has 1 aliphatic rings. The van der Waals surface area contributed by atoms with E-state index < -0.39 is 0 Å². The third-order valence-electron chi connectivity index (χ3n) is 3.35. The first kappa shape index (κ1) is 15.4. The van der Waals surface area contributed by atoms with Gasteiger partial charge in [-0.2, -0.15) is 0 Å². The highest BCUT2D eigenvalue weighted by Gasteiger charge is 2.24. The maximum Gasteiger partial charge on any atom is 0.336 e. The third-order valence-corrected chi connectivity index (χ3v) is 3.35. The zero-order chi connectivity index (χ0) is 16.9. The van der Waals surface area contributed by atoms with Crippen LogP contribution in [-0.4, -0.2) is 11.8 Å². The summed E-state index contributed by atoms with van der Waals surface area (Å²) >= 11 is 0. The molecule has 2 heterocycles. The minimum Gasteiger partial charge on any atom is -0.423 e. The lowest BCUT2D eigenvalue weighted by molar-refractivity contribution is -0.119. The molecule has 5 heteroatoms. The number of amides is 2. The molecule has 2 amide bonds. The number of carbonyl (C=O) groups is 2. The minimum atomic E-state index is -0.302. The molecule has 0 spiro atoms. The fourth-order valence-corrected chi connectivity index (χ4v) is 2.24. The Hall–Kier alpha value is -3.47. The van der Waals surface area contributed by atoms with Crippen LogP contribution < -0.4 is 10.5 Å². The zero-order valence-electron chi connectivity index (χ0n) is 12.6. The summed E-state index contributed by atoms with van der Waals surface area (Å²) < 4.78 is 4.91. The van der Waals surface area contributed by atoms with Gasteiger partial charge >= 0.3 is 5.63 Å². The van der Waals surface area contributed by atoms with Crippen LogP contribution >= 0.6 is 0 Å². The van der Waals surface area contributed by atoms with Crippen molar-refractivity contribution in [1.82, 2.24) is 0 Å². The lowest BCUT2D eigenvalue weighted by Crippen LogP contribution is -2.29. The van der Waals surface area contributed by atoms with Crippen LogP contribution in [-0.2, 0) is 9.59 Å². The second-order valence-electron chi connectivity index (χ2n) is 4.97. The average molecular weight is 319 g/mol. The Labute approximate surface area is 137 Å². The van der Waals surface area contributed by atoms with Crippen LogP contribution in [0.15, 0.2) is 88.1 Å². The molecule has 5 nitrogen and oxygen atoms in total. The molecule has 0 unspecified atom stereocenters. The summed E-state index contributed by atoms with van der Waals surface area (Å²) in [6, 6.07) is 19.4. The van der Waals surface area contributed by atoms with Crippen LogP contribution in [0.4, 0.5) is 5.69 Å². The molecule has 0 fully saturated rings. The predicted molar refractivity (Wildman–Crippen MR) is 90.6 cm³/mol. The molecule has 0 atom stereocenters. The minimum absolute atomic E-state index is 0.281. The van der Waals surface area contributed by atoms with Gasteiger partial charge in [-0.05, 0) is 24.3 Å². The van der Waals surface area contributed by atoms with E-state index in [1.807, 2.05) is 24.3 Å². The summed E-state index contributed by atoms with van der Waals surface area (Å²) in [5.74, 6) is -0.563. The van der Waals surface area contributed by atoms with Gasteiger partial charge in [0.1, 0.15) is 5.58 Å². The molecule has 118 valence electrons. The maximum absolute atomic E-state index is 11.2. The molecule has 0 saturated carbocycles. The Kier molecular flexibility index (Phi) is 4.34. The Balaban J connectivity index is 0.000000143. The molecule has 24 heavy (non-hydrogen) atoms. The molecule has 4 rings (SSSR count). The SMILES string of the molecule is O=C1C=CC(=O)N1c1ccccc1.O=c1ccc2ccccc2o1. The molecule has 0 saturated heterocycles. The zero-order valence-corrected chi connectivity index (χ0v) is 12.6. The molecule has 1 aliphatic heterocycles. The molecular formula is C19H13NO4. The van der Waals surface area contributed by atoms with Gasteiger partial charge in [-0.25, -0.2) is 9.69 Å². The van der Waals surface area contributed by atoms with Crippen LogP contribution in [0.1, 0.15) is 0 Å². The Bertz CT molecular complexity index is 955. The number of rotatable bonds is 1. The molecule has 0 radical (unpaired) electrons. The van der Waals surface area contributed by atoms with Crippen molar-refractivity contribution in [1.29, 1.82) is 0 Å². The second kappa shape index (κ2) is 6.75. The second-order valence-corrected chi connectivity index (χ2v) is 4.97. The standard InChI is InChI=1S/C10H7NO2.C9H6O2/c12-9-6-7-10(13)11(9)8-4-2-1-3-5-8;10-9-6-5-7-3-1-2-4-8(7)11-9/h1-7H;1-6H.